The van der Waals surface area contributed by atoms with Crippen molar-refractivity contribution in [1.82, 2.24) is 30.1 Å². The third-order valence-corrected chi connectivity index (χ3v) is 5.48. The second-order valence-corrected chi connectivity index (χ2v) is 7.60. The first-order valence-corrected chi connectivity index (χ1v) is 10.2. The van der Waals surface area contributed by atoms with Crippen molar-refractivity contribution in [3.05, 3.63) is 71.5 Å². The van der Waals surface area contributed by atoms with Crippen molar-refractivity contribution in [3.63, 3.8) is 0 Å². The summed E-state index contributed by atoms with van der Waals surface area (Å²) in [5, 5.41) is 15.7. The molecule has 154 valence electrons. The molecule has 0 radical (unpaired) electrons. The number of carbonyl (C=O) groups is 1. The summed E-state index contributed by atoms with van der Waals surface area (Å²) in [5.74, 6) is 0.120. The van der Waals surface area contributed by atoms with Crippen LogP contribution in [0.2, 0.25) is 0 Å². The van der Waals surface area contributed by atoms with E-state index < -0.39 is 0 Å². The summed E-state index contributed by atoms with van der Waals surface area (Å²) >= 11 is 1.34. The van der Waals surface area contributed by atoms with Gasteiger partial charge in [0, 0.05) is 11.6 Å². The second kappa shape index (κ2) is 8.07. The highest BCUT2D eigenvalue weighted by atomic mass is 32.1. The van der Waals surface area contributed by atoms with Crippen molar-refractivity contribution in [1.29, 1.82) is 0 Å². The topological polar surface area (TPSA) is 94.3 Å². The van der Waals surface area contributed by atoms with Gasteiger partial charge in [0.2, 0.25) is 5.88 Å². The van der Waals surface area contributed by atoms with Gasteiger partial charge in [0.1, 0.15) is 12.4 Å². The predicted molar refractivity (Wildman–Crippen MR) is 114 cm³/mol. The molecule has 8 nitrogen and oxygen atoms in total. The zero-order valence-electron chi connectivity index (χ0n) is 16.0. The normalized spacial score (nSPS) is 11.1. The van der Waals surface area contributed by atoms with Crippen LogP contribution in [0.5, 0.6) is 5.88 Å². The number of hydrogen-bond donors (Lipinski definition) is 1. The molecular formula is C21H15FN6O2S. The number of nitrogens with zero attached hydrogens (tertiary/aromatic N) is 5. The summed E-state index contributed by atoms with van der Waals surface area (Å²) in [5.41, 5.74) is 1.87. The van der Waals surface area contributed by atoms with Crippen LogP contribution in [0.1, 0.15) is 9.80 Å². The maximum atomic E-state index is 13.6. The first kappa shape index (κ1) is 19.1. The average Bonchev–Trinajstić information content (AvgIpc) is 3.40. The highest BCUT2D eigenvalue weighted by Gasteiger charge is 2.13. The molecule has 0 aliphatic heterocycles. The minimum atomic E-state index is -0.370. The van der Waals surface area contributed by atoms with E-state index in [9.17, 15) is 9.18 Å². The summed E-state index contributed by atoms with van der Waals surface area (Å²) in [6, 6.07) is 17.0. The Balaban J connectivity index is 1.23. The molecule has 0 saturated carbocycles. The minimum absolute atomic E-state index is 0.215. The number of rotatable bonds is 6. The monoisotopic (exact) mass is 434 g/mol. The maximum absolute atomic E-state index is 13.6. The Hall–Kier alpha value is -3.92. The minimum Gasteiger partial charge on any atom is -0.475 e. The molecule has 0 fully saturated rings. The van der Waals surface area contributed by atoms with Gasteiger partial charge >= 0.3 is 0 Å². The van der Waals surface area contributed by atoms with Crippen molar-refractivity contribution in [2.75, 3.05) is 13.2 Å². The fourth-order valence-corrected chi connectivity index (χ4v) is 3.90. The van der Waals surface area contributed by atoms with Crippen LogP contribution in [0, 0.1) is 5.82 Å². The smallest absolute Gasteiger partial charge is 0.280 e. The number of thiazole rings is 1. The second-order valence-electron chi connectivity index (χ2n) is 6.57. The van der Waals surface area contributed by atoms with Gasteiger partial charge in [0.15, 0.2) is 16.5 Å². The molecule has 31 heavy (non-hydrogen) atoms. The van der Waals surface area contributed by atoms with Gasteiger partial charge < -0.3 is 10.1 Å². The third-order valence-electron chi connectivity index (χ3n) is 4.45. The number of nitrogens with one attached hydrogen (secondary N) is 1. The van der Waals surface area contributed by atoms with Crippen molar-refractivity contribution >= 4 is 33.1 Å². The molecule has 0 atom stereocenters. The number of amides is 1. The Morgan fingerprint density at radius 3 is 2.87 bits per heavy atom. The number of halogens is 1. The first-order valence-electron chi connectivity index (χ1n) is 9.42. The number of aromatic nitrogens is 5. The molecule has 0 unspecified atom stereocenters. The Kier molecular flexibility index (Phi) is 4.97. The first-order chi connectivity index (χ1) is 15.2. The molecule has 1 N–H and O–H groups in total. The molecule has 5 rings (SSSR count). The number of carbonyl (C=O) groups excluding carboxylic acids is 1. The van der Waals surface area contributed by atoms with Gasteiger partial charge in [-0.1, -0.05) is 24.3 Å². The summed E-state index contributed by atoms with van der Waals surface area (Å²) < 4.78 is 21.7. The molecule has 1 amide bonds. The number of fused-ring (bicyclic) bond motifs is 2. The van der Waals surface area contributed by atoms with Crippen LogP contribution in [0.15, 0.2) is 60.7 Å². The van der Waals surface area contributed by atoms with E-state index in [4.69, 9.17) is 4.74 Å². The largest absolute Gasteiger partial charge is 0.475 e. The molecule has 0 saturated heterocycles. The lowest BCUT2D eigenvalue weighted by Gasteiger charge is -2.07. The number of benzene rings is 2. The standard InChI is InChI=1S/C21H15FN6O2S/c22-14-5-3-4-13(12-14)19-26-25-17-8-9-18(27-28(17)19)30-11-10-23-20(29)21-24-15-6-1-2-7-16(15)31-21/h1-9,12H,10-11H2,(H,23,29). The van der Waals surface area contributed by atoms with Gasteiger partial charge in [-0.25, -0.2) is 9.37 Å². The van der Waals surface area contributed by atoms with E-state index in [0.29, 0.717) is 27.9 Å². The molecular weight excluding hydrogens is 419 g/mol. The van der Waals surface area contributed by atoms with Gasteiger partial charge in [-0.15, -0.1) is 26.6 Å². The van der Waals surface area contributed by atoms with Crippen LogP contribution in [-0.4, -0.2) is 43.9 Å². The number of para-hydroxylation sites is 1. The van der Waals surface area contributed by atoms with Crippen LogP contribution in [0.3, 0.4) is 0 Å². The fraction of sp³-hybridized carbons (Fsp3) is 0.0952. The molecule has 0 aliphatic carbocycles. The van der Waals surface area contributed by atoms with Crippen molar-refractivity contribution < 1.29 is 13.9 Å². The fourth-order valence-electron chi connectivity index (χ4n) is 3.02. The Bertz CT molecular complexity index is 1370. The zero-order valence-corrected chi connectivity index (χ0v) is 16.8. The van der Waals surface area contributed by atoms with E-state index in [1.54, 1.807) is 24.3 Å². The zero-order chi connectivity index (χ0) is 21.2. The lowest BCUT2D eigenvalue weighted by atomic mass is 10.2. The molecule has 0 aliphatic rings. The van der Waals surface area contributed by atoms with Crippen LogP contribution in [0.25, 0.3) is 27.3 Å². The third kappa shape index (κ3) is 3.92. The summed E-state index contributed by atoms with van der Waals surface area (Å²) in [6.45, 7) is 0.500. The van der Waals surface area contributed by atoms with Crippen LogP contribution in [-0.2, 0) is 0 Å². The van der Waals surface area contributed by atoms with Crippen LogP contribution in [0.4, 0.5) is 4.39 Å². The van der Waals surface area contributed by atoms with E-state index in [0.717, 1.165) is 10.2 Å². The highest BCUT2D eigenvalue weighted by molar-refractivity contribution is 7.20. The van der Waals surface area contributed by atoms with Gasteiger partial charge in [-0.05, 0) is 30.3 Å². The number of hydrogen-bond acceptors (Lipinski definition) is 7. The Labute approximate surface area is 179 Å². The van der Waals surface area contributed by atoms with E-state index in [1.165, 1.54) is 28.0 Å². The SMILES string of the molecule is O=C(NCCOc1ccc2nnc(-c3cccc(F)c3)n2n1)c1nc2ccccc2s1. The van der Waals surface area contributed by atoms with Gasteiger partial charge in [0.05, 0.1) is 16.8 Å². The van der Waals surface area contributed by atoms with E-state index in [1.807, 2.05) is 24.3 Å². The highest BCUT2D eigenvalue weighted by Crippen LogP contribution is 2.21. The van der Waals surface area contributed by atoms with Crippen molar-refractivity contribution in [2.24, 2.45) is 0 Å². The summed E-state index contributed by atoms with van der Waals surface area (Å²) in [7, 11) is 0. The molecule has 0 bridgehead atoms. The molecule has 0 spiro atoms. The Morgan fingerprint density at radius 1 is 1.10 bits per heavy atom. The Morgan fingerprint density at radius 2 is 2.00 bits per heavy atom. The molecule has 3 heterocycles. The molecule has 3 aromatic heterocycles. The molecule has 10 heteroatoms. The van der Waals surface area contributed by atoms with Gasteiger partial charge in [-0.3, -0.25) is 4.79 Å². The van der Waals surface area contributed by atoms with Crippen LogP contribution >= 0.6 is 11.3 Å². The predicted octanol–water partition coefficient (Wildman–Crippen LogP) is 3.35. The van der Waals surface area contributed by atoms with Gasteiger partial charge in [-0.2, -0.15) is 4.52 Å². The molecule has 5 aromatic rings. The summed E-state index contributed by atoms with van der Waals surface area (Å²) in [6.07, 6.45) is 0. The number of ether oxygens (including phenoxy) is 1. The van der Waals surface area contributed by atoms with E-state index in [2.05, 4.69) is 25.6 Å². The van der Waals surface area contributed by atoms with Crippen LogP contribution < -0.4 is 10.1 Å². The average molecular weight is 434 g/mol. The van der Waals surface area contributed by atoms with E-state index >= 15 is 0 Å². The molecule has 2 aromatic carbocycles. The van der Waals surface area contributed by atoms with E-state index in [-0.39, 0.29) is 24.9 Å². The summed E-state index contributed by atoms with van der Waals surface area (Å²) in [4.78, 5) is 16.6. The van der Waals surface area contributed by atoms with Crippen molar-refractivity contribution in [2.45, 2.75) is 0 Å². The quantitative estimate of drug-likeness (QED) is 0.412. The lowest BCUT2D eigenvalue weighted by Crippen LogP contribution is -2.28. The lowest BCUT2D eigenvalue weighted by molar-refractivity contribution is 0.0946. The van der Waals surface area contributed by atoms with Gasteiger partial charge in [0.25, 0.3) is 5.91 Å². The van der Waals surface area contributed by atoms with Crippen molar-refractivity contribution in [3.8, 4) is 17.3 Å². The maximum Gasteiger partial charge on any atom is 0.280 e.